The topological polar surface area (TPSA) is 78.5 Å². The molecule has 1 atom stereocenters. The van der Waals surface area contributed by atoms with E-state index < -0.39 is 17.5 Å². The van der Waals surface area contributed by atoms with Gasteiger partial charge in [-0.05, 0) is 48.6 Å². The molecule has 0 unspecified atom stereocenters. The Labute approximate surface area is 161 Å². The van der Waals surface area contributed by atoms with E-state index >= 15 is 0 Å². The van der Waals surface area contributed by atoms with Crippen molar-refractivity contribution < 1.29 is 14.4 Å². The minimum absolute atomic E-state index is 0.347. The molecule has 2 aromatic carbocycles. The Morgan fingerprint density at radius 1 is 1.22 bits per heavy atom. The summed E-state index contributed by atoms with van der Waals surface area (Å²) < 4.78 is 0. The van der Waals surface area contributed by atoms with E-state index in [1.54, 1.807) is 25.1 Å². The predicted octanol–water partition coefficient (Wildman–Crippen LogP) is 2.98. The van der Waals surface area contributed by atoms with Crippen molar-refractivity contribution in [1.29, 1.82) is 0 Å². The SMILES string of the molecule is Cc1c(Cl)cccc1NC(=O)CN1C(=O)N[C@]2(CCc3ccccc32)C1=O. The van der Waals surface area contributed by atoms with Crippen LogP contribution in [0.15, 0.2) is 42.5 Å². The molecule has 6 nitrogen and oxygen atoms in total. The van der Waals surface area contributed by atoms with Gasteiger partial charge < -0.3 is 10.6 Å². The van der Waals surface area contributed by atoms with Crippen molar-refractivity contribution in [2.24, 2.45) is 0 Å². The number of carbonyl (C=O) groups excluding carboxylic acids is 3. The van der Waals surface area contributed by atoms with Crippen LogP contribution in [-0.4, -0.2) is 29.3 Å². The average Bonchev–Trinajstić information content (AvgIpc) is 3.13. The van der Waals surface area contributed by atoms with Crippen molar-refractivity contribution >= 4 is 35.1 Å². The number of benzene rings is 2. The second kappa shape index (κ2) is 6.39. The molecule has 1 saturated heterocycles. The maximum atomic E-state index is 13.1. The number of anilines is 1. The number of nitrogens with one attached hydrogen (secondary N) is 2. The van der Waals surface area contributed by atoms with Gasteiger partial charge in [-0.1, -0.05) is 41.9 Å². The van der Waals surface area contributed by atoms with Gasteiger partial charge in [-0.3, -0.25) is 14.5 Å². The number of imide groups is 1. The zero-order valence-electron chi connectivity index (χ0n) is 14.7. The number of carbonyl (C=O) groups is 3. The van der Waals surface area contributed by atoms with Gasteiger partial charge in [0.2, 0.25) is 5.91 Å². The van der Waals surface area contributed by atoms with E-state index in [0.717, 1.165) is 21.6 Å². The van der Waals surface area contributed by atoms with Crippen LogP contribution in [-0.2, 0) is 21.5 Å². The van der Waals surface area contributed by atoms with Crippen molar-refractivity contribution in [3.05, 3.63) is 64.2 Å². The average molecular weight is 384 g/mol. The highest BCUT2D eigenvalue weighted by Gasteiger charge is 2.55. The zero-order valence-corrected chi connectivity index (χ0v) is 15.5. The number of fused-ring (bicyclic) bond motifs is 2. The van der Waals surface area contributed by atoms with Crippen LogP contribution in [0.4, 0.5) is 10.5 Å². The first-order valence-electron chi connectivity index (χ1n) is 8.70. The molecule has 1 spiro atoms. The van der Waals surface area contributed by atoms with Crippen LogP contribution < -0.4 is 10.6 Å². The molecule has 27 heavy (non-hydrogen) atoms. The first-order valence-corrected chi connectivity index (χ1v) is 9.07. The van der Waals surface area contributed by atoms with E-state index in [9.17, 15) is 14.4 Å². The molecule has 1 aliphatic carbocycles. The Kier molecular flexibility index (Phi) is 4.15. The molecule has 1 heterocycles. The number of hydrogen-bond acceptors (Lipinski definition) is 3. The monoisotopic (exact) mass is 383 g/mol. The molecule has 4 rings (SSSR count). The highest BCUT2D eigenvalue weighted by atomic mass is 35.5. The summed E-state index contributed by atoms with van der Waals surface area (Å²) in [5.41, 5.74) is 2.09. The molecule has 138 valence electrons. The van der Waals surface area contributed by atoms with E-state index in [-0.39, 0.29) is 12.5 Å². The molecule has 1 aliphatic heterocycles. The molecule has 0 saturated carbocycles. The van der Waals surface area contributed by atoms with Crippen molar-refractivity contribution in [3.63, 3.8) is 0 Å². The van der Waals surface area contributed by atoms with E-state index in [1.165, 1.54) is 0 Å². The zero-order chi connectivity index (χ0) is 19.2. The summed E-state index contributed by atoms with van der Waals surface area (Å²) in [5.74, 6) is -0.831. The molecule has 2 aromatic rings. The molecule has 2 N–H and O–H groups in total. The van der Waals surface area contributed by atoms with Crippen LogP contribution >= 0.6 is 11.6 Å². The quantitative estimate of drug-likeness (QED) is 0.800. The van der Waals surface area contributed by atoms with Crippen LogP contribution in [0.2, 0.25) is 5.02 Å². The largest absolute Gasteiger partial charge is 0.325 e. The Morgan fingerprint density at radius 3 is 2.81 bits per heavy atom. The Bertz CT molecular complexity index is 975. The van der Waals surface area contributed by atoms with Crippen LogP contribution in [0.1, 0.15) is 23.1 Å². The van der Waals surface area contributed by atoms with E-state index in [2.05, 4.69) is 10.6 Å². The summed E-state index contributed by atoms with van der Waals surface area (Å²) in [6.07, 6.45) is 1.21. The molecule has 2 aliphatic rings. The smallest absolute Gasteiger partial charge is 0.324 e. The molecule has 1 fully saturated rings. The van der Waals surface area contributed by atoms with Crippen molar-refractivity contribution in [2.45, 2.75) is 25.3 Å². The summed E-state index contributed by atoms with van der Waals surface area (Å²) in [7, 11) is 0. The van der Waals surface area contributed by atoms with E-state index in [0.29, 0.717) is 23.6 Å². The number of urea groups is 1. The van der Waals surface area contributed by atoms with Gasteiger partial charge in [0.25, 0.3) is 5.91 Å². The van der Waals surface area contributed by atoms with Gasteiger partial charge in [0, 0.05) is 10.7 Å². The first-order chi connectivity index (χ1) is 12.9. The fourth-order valence-electron chi connectivity index (χ4n) is 3.81. The van der Waals surface area contributed by atoms with Crippen molar-refractivity contribution in [3.8, 4) is 0 Å². The number of hydrogen-bond donors (Lipinski definition) is 2. The van der Waals surface area contributed by atoms with Gasteiger partial charge >= 0.3 is 6.03 Å². The molecule has 0 radical (unpaired) electrons. The standard InChI is InChI=1S/C20H18ClN3O3/c1-12-15(21)7-4-8-16(12)22-17(25)11-24-18(26)20(23-19(24)27)10-9-13-5-2-3-6-14(13)20/h2-8H,9-11H2,1H3,(H,22,25)(H,23,27)/t20-/m0/s1. The highest BCUT2D eigenvalue weighted by molar-refractivity contribution is 6.31. The number of nitrogens with zero attached hydrogens (tertiary/aromatic N) is 1. The van der Waals surface area contributed by atoms with Gasteiger partial charge in [0.15, 0.2) is 0 Å². The summed E-state index contributed by atoms with van der Waals surface area (Å²) in [6, 6.07) is 12.2. The number of aryl methyl sites for hydroxylation is 1. The maximum Gasteiger partial charge on any atom is 0.325 e. The van der Waals surface area contributed by atoms with Gasteiger partial charge in [0.1, 0.15) is 12.1 Å². The summed E-state index contributed by atoms with van der Waals surface area (Å²) in [4.78, 5) is 38.9. The highest BCUT2D eigenvalue weighted by Crippen LogP contribution is 2.41. The Morgan fingerprint density at radius 2 is 2.00 bits per heavy atom. The molecule has 7 heteroatoms. The van der Waals surface area contributed by atoms with Crippen molar-refractivity contribution in [2.75, 3.05) is 11.9 Å². The van der Waals surface area contributed by atoms with Crippen LogP contribution in [0.5, 0.6) is 0 Å². The van der Waals surface area contributed by atoms with Crippen LogP contribution in [0, 0.1) is 6.92 Å². The second-order valence-corrected chi connectivity index (χ2v) is 7.25. The molecular weight excluding hydrogens is 366 g/mol. The van der Waals surface area contributed by atoms with E-state index in [4.69, 9.17) is 11.6 Å². The Hall–Kier alpha value is -2.86. The van der Waals surface area contributed by atoms with Gasteiger partial charge in [0.05, 0.1) is 0 Å². The lowest BCUT2D eigenvalue weighted by Crippen LogP contribution is -2.43. The number of amides is 4. The molecule has 0 aromatic heterocycles. The van der Waals surface area contributed by atoms with Crippen LogP contribution in [0.3, 0.4) is 0 Å². The number of halogens is 1. The van der Waals surface area contributed by atoms with Gasteiger partial charge in [-0.15, -0.1) is 0 Å². The minimum Gasteiger partial charge on any atom is -0.324 e. The fourth-order valence-corrected chi connectivity index (χ4v) is 3.98. The second-order valence-electron chi connectivity index (χ2n) is 6.84. The summed E-state index contributed by atoms with van der Waals surface area (Å²) >= 11 is 6.06. The molecule has 4 amide bonds. The Balaban J connectivity index is 1.54. The third kappa shape index (κ3) is 2.77. The van der Waals surface area contributed by atoms with Gasteiger partial charge in [-0.25, -0.2) is 4.79 Å². The molecule has 0 bridgehead atoms. The predicted molar refractivity (Wildman–Crippen MR) is 102 cm³/mol. The minimum atomic E-state index is -1.06. The van der Waals surface area contributed by atoms with Gasteiger partial charge in [-0.2, -0.15) is 0 Å². The molecular formula is C20H18ClN3O3. The van der Waals surface area contributed by atoms with Crippen LogP contribution in [0.25, 0.3) is 0 Å². The van der Waals surface area contributed by atoms with Crippen molar-refractivity contribution in [1.82, 2.24) is 10.2 Å². The lowest BCUT2D eigenvalue weighted by Gasteiger charge is -2.22. The third-order valence-electron chi connectivity index (χ3n) is 5.27. The normalized spacial score (nSPS) is 20.7. The lowest BCUT2D eigenvalue weighted by molar-refractivity contribution is -0.134. The number of rotatable bonds is 3. The van der Waals surface area contributed by atoms with E-state index in [1.807, 2.05) is 24.3 Å². The maximum absolute atomic E-state index is 13.1. The first kappa shape index (κ1) is 17.5. The lowest BCUT2D eigenvalue weighted by atomic mass is 9.92. The fraction of sp³-hybridized carbons (Fsp3) is 0.250. The summed E-state index contributed by atoms with van der Waals surface area (Å²) in [6.45, 7) is 1.44. The third-order valence-corrected chi connectivity index (χ3v) is 5.68. The summed E-state index contributed by atoms with van der Waals surface area (Å²) in [5, 5.41) is 6.06.